The van der Waals surface area contributed by atoms with Crippen LogP contribution in [0.2, 0.25) is 0 Å². The lowest BCUT2D eigenvalue weighted by molar-refractivity contribution is -0.140. The standard InChI is InChI=1S/C18H23N5O2S/c1-18(2,3)14-11-26-16(23-14)12(10-19)13-7-9-21-17(22-13)20-8-5-6-15(24)25-4/h7,9,11-12H,5-6,8H2,1-4H3,(H,20,21,22). The molecular weight excluding hydrogens is 350 g/mol. The van der Waals surface area contributed by atoms with Gasteiger partial charge in [0, 0.05) is 30.0 Å². The van der Waals surface area contributed by atoms with Crippen molar-refractivity contribution >= 4 is 23.3 Å². The Bertz CT molecular complexity index is 791. The highest BCUT2D eigenvalue weighted by molar-refractivity contribution is 7.09. The molecule has 2 aromatic heterocycles. The summed E-state index contributed by atoms with van der Waals surface area (Å²) in [6, 6.07) is 4.01. The van der Waals surface area contributed by atoms with Crippen molar-refractivity contribution in [1.82, 2.24) is 15.0 Å². The van der Waals surface area contributed by atoms with Crippen LogP contribution in [0.15, 0.2) is 17.6 Å². The van der Waals surface area contributed by atoms with Crippen LogP contribution in [-0.2, 0) is 14.9 Å². The fraction of sp³-hybridized carbons (Fsp3) is 0.500. The molecule has 2 aromatic rings. The largest absolute Gasteiger partial charge is 0.469 e. The molecule has 1 N–H and O–H groups in total. The molecule has 0 saturated carbocycles. The zero-order valence-corrected chi connectivity index (χ0v) is 16.3. The molecule has 0 aliphatic heterocycles. The average molecular weight is 373 g/mol. The number of ether oxygens (including phenoxy) is 1. The summed E-state index contributed by atoms with van der Waals surface area (Å²) in [7, 11) is 1.37. The average Bonchev–Trinajstić information content (AvgIpc) is 3.10. The number of carbonyl (C=O) groups excluding carboxylic acids is 1. The van der Waals surface area contributed by atoms with E-state index in [4.69, 9.17) is 0 Å². The van der Waals surface area contributed by atoms with E-state index in [0.29, 0.717) is 31.0 Å². The second-order valence-corrected chi connectivity index (χ2v) is 7.68. The zero-order chi connectivity index (χ0) is 19.2. The van der Waals surface area contributed by atoms with Crippen molar-refractivity contribution in [2.45, 2.75) is 44.9 Å². The molecule has 0 amide bonds. The number of hydrogen-bond acceptors (Lipinski definition) is 8. The van der Waals surface area contributed by atoms with Crippen molar-refractivity contribution in [3.63, 3.8) is 0 Å². The highest BCUT2D eigenvalue weighted by atomic mass is 32.1. The van der Waals surface area contributed by atoms with Gasteiger partial charge in [-0.05, 0) is 12.5 Å². The third-order valence-corrected chi connectivity index (χ3v) is 4.62. The van der Waals surface area contributed by atoms with Crippen molar-refractivity contribution in [3.05, 3.63) is 34.0 Å². The third-order valence-electron chi connectivity index (χ3n) is 3.71. The summed E-state index contributed by atoms with van der Waals surface area (Å²) in [5, 5.41) is 15.4. The van der Waals surface area contributed by atoms with Gasteiger partial charge in [-0.2, -0.15) is 5.26 Å². The van der Waals surface area contributed by atoms with Crippen LogP contribution < -0.4 is 5.32 Å². The Labute approximate surface area is 157 Å². The van der Waals surface area contributed by atoms with Gasteiger partial charge in [0.05, 0.1) is 24.6 Å². The van der Waals surface area contributed by atoms with E-state index in [0.717, 1.165) is 10.7 Å². The smallest absolute Gasteiger partial charge is 0.305 e. The fourth-order valence-electron chi connectivity index (χ4n) is 2.17. The molecule has 0 saturated heterocycles. The van der Waals surface area contributed by atoms with Gasteiger partial charge in [0.1, 0.15) is 10.9 Å². The summed E-state index contributed by atoms with van der Waals surface area (Å²) < 4.78 is 4.60. The topological polar surface area (TPSA) is 101 Å². The fourth-order valence-corrected chi connectivity index (χ4v) is 3.27. The van der Waals surface area contributed by atoms with Gasteiger partial charge in [-0.1, -0.05) is 20.8 Å². The number of thiazole rings is 1. The molecule has 0 bridgehead atoms. The number of nitrogens with zero attached hydrogens (tertiary/aromatic N) is 4. The predicted molar refractivity (Wildman–Crippen MR) is 100 cm³/mol. The maximum absolute atomic E-state index is 11.1. The van der Waals surface area contributed by atoms with Gasteiger partial charge in [-0.3, -0.25) is 4.79 Å². The molecule has 0 spiro atoms. The highest BCUT2D eigenvalue weighted by Gasteiger charge is 2.23. The number of rotatable bonds is 7. The molecule has 2 rings (SSSR count). The lowest BCUT2D eigenvalue weighted by Gasteiger charge is -2.14. The van der Waals surface area contributed by atoms with Crippen LogP contribution in [0.5, 0.6) is 0 Å². The zero-order valence-electron chi connectivity index (χ0n) is 15.4. The van der Waals surface area contributed by atoms with Crippen LogP contribution in [-0.4, -0.2) is 34.6 Å². The number of esters is 1. The van der Waals surface area contributed by atoms with E-state index in [1.165, 1.54) is 18.4 Å². The Morgan fingerprint density at radius 3 is 2.81 bits per heavy atom. The van der Waals surface area contributed by atoms with Crippen LogP contribution in [0.1, 0.15) is 55.9 Å². The molecule has 26 heavy (non-hydrogen) atoms. The third kappa shape index (κ3) is 5.23. The molecule has 0 fully saturated rings. The maximum Gasteiger partial charge on any atom is 0.305 e. The summed E-state index contributed by atoms with van der Waals surface area (Å²) >= 11 is 1.47. The van der Waals surface area contributed by atoms with Gasteiger partial charge >= 0.3 is 5.97 Å². The Morgan fingerprint density at radius 1 is 1.42 bits per heavy atom. The molecule has 8 heteroatoms. The first-order valence-electron chi connectivity index (χ1n) is 8.34. The van der Waals surface area contributed by atoms with E-state index in [-0.39, 0.29) is 11.4 Å². The van der Waals surface area contributed by atoms with Crippen molar-refractivity contribution in [1.29, 1.82) is 5.26 Å². The molecule has 2 heterocycles. The molecular formula is C18H23N5O2S. The van der Waals surface area contributed by atoms with Gasteiger partial charge in [0.15, 0.2) is 0 Å². The minimum atomic E-state index is -0.533. The SMILES string of the molecule is COC(=O)CCCNc1nccc(C(C#N)c2nc(C(C)(C)C)cs2)n1. The number of nitrogens with one attached hydrogen (secondary N) is 1. The minimum absolute atomic E-state index is 0.0627. The monoisotopic (exact) mass is 373 g/mol. The number of aromatic nitrogens is 3. The summed E-state index contributed by atoms with van der Waals surface area (Å²) in [4.78, 5) is 24.3. The summed E-state index contributed by atoms with van der Waals surface area (Å²) in [5.74, 6) is -0.348. The van der Waals surface area contributed by atoms with Crippen LogP contribution in [0.3, 0.4) is 0 Å². The van der Waals surface area contributed by atoms with Crippen LogP contribution >= 0.6 is 11.3 Å². The lowest BCUT2D eigenvalue weighted by atomic mass is 9.93. The first-order chi connectivity index (χ1) is 12.3. The van der Waals surface area contributed by atoms with Crippen LogP contribution in [0, 0.1) is 11.3 Å². The Balaban J connectivity index is 2.08. The van der Waals surface area contributed by atoms with E-state index in [2.05, 4.69) is 51.8 Å². The second-order valence-electron chi connectivity index (χ2n) is 6.79. The molecule has 0 aliphatic carbocycles. The molecule has 138 valence electrons. The Hall–Kier alpha value is -2.53. The summed E-state index contributed by atoms with van der Waals surface area (Å²) in [6.07, 6.45) is 2.57. The molecule has 0 aliphatic rings. The first-order valence-corrected chi connectivity index (χ1v) is 9.22. The first kappa shape index (κ1) is 19.8. The molecule has 1 unspecified atom stereocenters. The Kier molecular flexibility index (Phi) is 6.64. The molecule has 0 radical (unpaired) electrons. The van der Waals surface area contributed by atoms with Crippen LogP contribution in [0.25, 0.3) is 0 Å². The number of hydrogen-bond donors (Lipinski definition) is 1. The molecule has 0 aromatic carbocycles. The molecule has 1 atom stereocenters. The van der Waals surface area contributed by atoms with Crippen molar-refractivity contribution < 1.29 is 9.53 Å². The number of anilines is 1. The van der Waals surface area contributed by atoms with Gasteiger partial charge in [-0.25, -0.2) is 15.0 Å². The van der Waals surface area contributed by atoms with Gasteiger partial charge in [0.2, 0.25) is 5.95 Å². The quantitative estimate of drug-likeness (QED) is 0.587. The maximum atomic E-state index is 11.1. The highest BCUT2D eigenvalue weighted by Crippen LogP contribution is 2.30. The number of carbonyl (C=O) groups is 1. The minimum Gasteiger partial charge on any atom is -0.469 e. The lowest BCUT2D eigenvalue weighted by Crippen LogP contribution is -2.12. The van der Waals surface area contributed by atoms with Gasteiger partial charge in [0.25, 0.3) is 0 Å². The van der Waals surface area contributed by atoms with Crippen LogP contribution in [0.4, 0.5) is 5.95 Å². The summed E-state index contributed by atoms with van der Waals surface area (Å²) in [6.45, 7) is 6.82. The van der Waals surface area contributed by atoms with Crippen molar-refractivity contribution in [2.75, 3.05) is 19.0 Å². The van der Waals surface area contributed by atoms with E-state index >= 15 is 0 Å². The second kappa shape index (κ2) is 8.72. The van der Waals surface area contributed by atoms with Crippen molar-refractivity contribution in [3.8, 4) is 6.07 Å². The normalized spacial score (nSPS) is 12.3. The van der Waals surface area contributed by atoms with Gasteiger partial charge in [-0.15, -0.1) is 11.3 Å². The van der Waals surface area contributed by atoms with E-state index in [1.807, 2.05) is 5.38 Å². The van der Waals surface area contributed by atoms with E-state index in [9.17, 15) is 10.1 Å². The van der Waals surface area contributed by atoms with E-state index in [1.54, 1.807) is 12.3 Å². The van der Waals surface area contributed by atoms with Crippen molar-refractivity contribution in [2.24, 2.45) is 0 Å². The predicted octanol–water partition coefficient (Wildman–Crippen LogP) is 3.25. The van der Waals surface area contributed by atoms with E-state index < -0.39 is 5.92 Å². The Morgan fingerprint density at radius 2 is 2.19 bits per heavy atom. The van der Waals surface area contributed by atoms with Gasteiger partial charge < -0.3 is 10.1 Å². The summed E-state index contributed by atoms with van der Waals surface area (Å²) in [5.41, 5.74) is 1.51. The molecule has 7 nitrogen and oxygen atoms in total. The number of nitriles is 1. The number of methoxy groups -OCH3 is 1.